The molecule has 0 spiro atoms. The Labute approximate surface area is 105 Å². The highest BCUT2D eigenvalue weighted by molar-refractivity contribution is 9.10. The van der Waals surface area contributed by atoms with Gasteiger partial charge in [-0.05, 0) is 46.5 Å². The minimum absolute atomic E-state index is 0.522. The summed E-state index contributed by atoms with van der Waals surface area (Å²) in [6, 6.07) is 1.83. The maximum absolute atomic E-state index is 9.73. The average Bonchev–Trinajstić information content (AvgIpc) is 2.27. The van der Waals surface area contributed by atoms with E-state index in [-0.39, 0.29) is 0 Å². The molecule has 1 aromatic carbocycles. The van der Waals surface area contributed by atoms with Gasteiger partial charge in [-0.25, -0.2) is 0 Å². The molecule has 0 aliphatic carbocycles. The molecule has 90 valence electrons. The Kier molecular flexibility index (Phi) is 4.62. The molecule has 0 heterocycles. The van der Waals surface area contributed by atoms with E-state index in [2.05, 4.69) is 15.9 Å². The van der Waals surface area contributed by atoms with Crippen LogP contribution in [-0.2, 0) is 6.42 Å². The Morgan fingerprint density at radius 2 is 2.00 bits per heavy atom. The minimum Gasteiger partial charge on any atom is -0.493 e. The molecule has 1 N–H and O–H groups in total. The van der Waals surface area contributed by atoms with Crippen LogP contribution in [0.1, 0.15) is 31.1 Å². The zero-order valence-electron chi connectivity index (χ0n) is 10.0. The maximum Gasteiger partial charge on any atom is 0.175 e. The topological polar surface area (TPSA) is 38.7 Å². The van der Waals surface area contributed by atoms with Crippen molar-refractivity contribution >= 4 is 15.9 Å². The van der Waals surface area contributed by atoms with Crippen LogP contribution < -0.4 is 9.47 Å². The van der Waals surface area contributed by atoms with E-state index in [1.807, 2.05) is 13.0 Å². The molecule has 0 fully saturated rings. The predicted octanol–water partition coefficient (Wildman–Crippen LogP) is 3.08. The summed E-state index contributed by atoms with van der Waals surface area (Å²) in [7, 11) is 3.19. The molecule has 16 heavy (non-hydrogen) atoms. The smallest absolute Gasteiger partial charge is 0.175 e. The van der Waals surface area contributed by atoms with Crippen LogP contribution in [-0.4, -0.2) is 19.3 Å². The lowest BCUT2D eigenvalue weighted by molar-refractivity contribution is 0.197. The Bertz CT molecular complexity index is 375. The van der Waals surface area contributed by atoms with Gasteiger partial charge in [-0.1, -0.05) is 6.92 Å². The van der Waals surface area contributed by atoms with Gasteiger partial charge in [-0.15, -0.1) is 0 Å². The zero-order chi connectivity index (χ0) is 12.3. The normalized spacial score (nSPS) is 12.4. The first kappa shape index (κ1) is 13.3. The molecule has 0 saturated heterocycles. The second kappa shape index (κ2) is 5.55. The van der Waals surface area contributed by atoms with Crippen LogP contribution >= 0.6 is 15.9 Å². The van der Waals surface area contributed by atoms with Gasteiger partial charge in [0.15, 0.2) is 11.5 Å². The van der Waals surface area contributed by atoms with Gasteiger partial charge >= 0.3 is 0 Å². The predicted molar refractivity (Wildman–Crippen MR) is 67.3 cm³/mol. The Hall–Kier alpha value is -0.740. The summed E-state index contributed by atoms with van der Waals surface area (Å²) in [4.78, 5) is 0. The average molecular weight is 289 g/mol. The van der Waals surface area contributed by atoms with Crippen LogP contribution in [0, 0.1) is 0 Å². The third-order valence-electron chi connectivity index (χ3n) is 2.55. The van der Waals surface area contributed by atoms with Crippen molar-refractivity contribution in [2.75, 3.05) is 14.2 Å². The molecule has 0 bridgehead atoms. The molecule has 3 nitrogen and oxygen atoms in total. The minimum atomic E-state index is -0.522. The summed E-state index contributed by atoms with van der Waals surface area (Å²) >= 11 is 3.50. The van der Waals surface area contributed by atoms with Gasteiger partial charge in [-0.2, -0.15) is 0 Å². The van der Waals surface area contributed by atoms with Gasteiger partial charge in [0.1, 0.15) is 0 Å². The van der Waals surface area contributed by atoms with Crippen LogP contribution in [0.15, 0.2) is 10.5 Å². The largest absolute Gasteiger partial charge is 0.493 e. The monoisotopic (exact) mass is 288 g/mol. The number of aliphatic hydroxyl groups excluding tert-OH is 1. The molecule has 1 unspecified atom stereocenters. The lowest BCUT2D eigenvalue weighted by Gasteiger charge is -2.18. The molecule has 1 aromatic rings. The van der Waals surface area contributed by atoms with Gasteiger partial charge in [0.2, 0.25) is 0 Å². The van der Waals surface area contributed by atoms with E-state index in [0.717, 1.165) is 22.0 Å². The molecular weight excluding hydrogens is 272 g/mol. The van der Waals surface area contributed by atoms with Crippen molar-refractivity contribution in [2.24, 2.45) is 0 Å². The van der Waals surface area contributed by atoms with E-state index in [1.54, 1.807) is 21.1 Å². The van der Waals surface area contributed by atoms with Gasteiger partial charge in [0.25, 0.3) is 0 Å². The molecule has 0 radical (unpaired) electrons. The molecular formula is C12H17BrO3. The molecule has 1 rings (SSSR count). The molecule has 4 heteroatoms. The Balaban J connectivity index is 3.47. The summed E-state index contributed by atoms with van der Waals surface area (Å²) in [5.74, 6) is 1.30. The van der Waals surface area contributed by atoms with Gasteiger partial charge in [0, 0.05) is 0 Å². The van der Waals surface area contributed by atoms with E-state index in [4.69, 9.17) is 9.47 Å². The van der Waals surface area contributed by atoms with E-state index in [0.29, 0.717) is 11.5 Å². The number of ether oxygens (including phenoxy) is 2. The highest BCUT2D eigenvalue weighted by Crippen LogP contribution is 2.41. The van der Waals surface area contributed by atoms with E-state index in [1.165, 1.54) is 0 Å². The van der Waals surface area contributed by atoms with Crippen molar-refractivity contribution in [3.05, 3.63) is 21.7 Å². The molecule has 0 saturated carbocycles. The molecule has 0 aliphatic rings. The van der Waals surface area contributed by atoms with Crippen molar-refractivity contribution in [2.45, 2.75) is 26.4 Å². The van der Waals surface area contributed by atoms with E-state index >= 15 is 0 Å². The van der Waals surface area contributed by atoms with Crippen molar-refractivity contribution in [1.29, 1.82) is 0 Å². The summed E-state index contributed by atoms with van der Waals surface area (Å²) in [6.07, 6.45) is 0.298. The molecule has 0 amide bonds. The number of hydrogen-bond acceptors (Lipinski definition) is 3. The summed E-state index contributed by atoms with van der Waals surface area (Å²) in [5, 5.41) is 9.73. The SMILES string of the molecule is CCc1c(C(C)O)cc(OC)c(OC)c1Br. The fourth-order valence-electron chi connectivity index (χ4n) is 1.74. The Morgan fingerprint density at radius 3 is 2.38 bits per heavy atom. The van der Waals surface area contributed by atoms with Gasteiger partial charge in [0.05, 0.1) is 24.8 Å². The van der Waals surface area contributed by atoms with Crippen molar-refractivity contribution in [3.8, 4) is 11.5 Å². The first-order valence-electron chi connectivity index (χ1n) is 5.18. The van der Waals surface area contributed by atoms with E-state index in [9.17, 15) is 5.11 Å². The van der Waals surface area contributed by atoms with E-state index < -0.39 is 6.10 Å². The van der Waals surface area contributed by atoms with Crippen molar-refractivity contribution < 1.29 is 14.6 Å². The third-order valence-corrected chi connectivity index (χ3v) is 3.39. The second-order valence-corrected chi connectivity index (χ2v) is 4.32. The van der Waals surface area contributed by atoms with Gasteiger partial charge in [-0.3, -0.25) is 0 Å². The standard InChI is InChI=1S/C12H17BrO3/c1-5-8-9(7(2)14)6-10(15-3)12(16-4)11(8)13/h6-7,14H,5H2,1-4H3. The lowest BCUT2D eigenvalue weighted by Crippen LogP contribution is -2.02. The van der Waals surface area contributed by atoms with Crippen LogP contribution in [0.25, 0.3) is 0 Å². The summed E-state index contributed by atoms with van der Waals surface area (Å²) in [6.45, 7) is 3.78. The van der Waals surface area contributed by atoms with Crippen LogP contribution in [0.5, 0.6) is 11.5 Å². The van der Waals surface area contributed by atoms with Crippen molar-refractivity contribution in [1.82, 2.24) is 0 Å². The fraction of sp³-hybridized carbons (Fsp3) is 0.500. The number of hydrogen-bond donors (Lipinski definition) is 1. The number of benzene rings is 1. The second-order valence-electron chi connectivity index (χ2n) is 3.52. The van der Waals surface area contributed by atoms with Crippen LogP contribution in [0.2, 0.25) is 0 Å². The van der Waals surface area contributed by atoms with Crippen LogP contribution in [0.4, 0.5) is 0 Å². The third kappa shape index (κ3) is 2.33. The number of methoxy groups -OCH3 is 2. The maximum atomic E-state index is 9.73. The molecule has 0 aliphatic heterocycles. The zero-order valence-corrected chi connectivity index (χ0v) is 11.6. The molecule has 1 atom stereocenters. The summed E-state index contributed by atoms with van der Waals surface area (Å²) in [5.41, 5.74) is 1.92. The van der Waals surface area contributed by atoms with Crippen LogP contribution in [0.3, 0.4) is 0 Å². The number of rotatable bonds is 4. The first-order chi connectivity index (χ1) is 7.56. The quantitative estimate of drug-likeness (QED) is 0.925. The highest BCUT2D eigenvalue weighted by Gasteiger charge is 2.18. The number of aliphatic hydroxyl groups is 1. The van der Waals surface area contributed by atoms with Crippen molar-refractivity contribution in [3.63, 3.8) is 0 Å². The molecule has 0 aromatic heterocycles. The highest BCUT2D eigenvalue weighted by atomic mass is 79.9. The fourth-order valence-corrected chi connectivity index (χ4v) is 2.61. The van der Waals surface area contributed by atoms with Gasteiger partial charge < -0.3 is 14.6 Å². The lowest BCUT2D eigenvalue weighted by atomic mass is 10.00. The number of halogens is 1. The Morgan fingerprint density at radius 1 is 1.38 bits per heavy atom. The first-order valence-corrected chi connectivity index (χ1v) is 5.97. The summed E-state index contributed by atoms with van der Waals surface area (Å²) < 4.78 is 11.4.